The van der Waals surface area contributed by atoms with Crippen molar-refractivity contribution in [2.45, 2.75) is 26.1 Å². The predicted octanol–water partition coefficient (Wildman–Crippen LogP) is 2.78. The molecule has 1 aliphatic rings. The van der Waals surface area contributed by atoms with Gasteiger partial charge in [0, 0.05) is 28.2 Å². The fraction of sp³-hybridized carbons (Fsp3) is 0.462. The molecule has 0 amide bonds. The molecule has 0 aliphatic carbocycles. The van der Waals surface area contributed by atoms with Crippen molar-refractivity contribution >= 4 is 39.3 Å². The first kappa shape index (κ1) is 12.2. The summed E-state index contributed by atoms with van der Waals surface area (Å²) in [7, 11) is 0. The molecular formula is C13H16IN3O. The van der Waals surface area contributed by atoms with E-state index in [0.29, 0.717) is 0 Å². The zero-order chi connectivity index (χ0) is 12.7. The first-order chi connectivity index (χ1) is 8.63. The average Bonchev–Trinajstić information content (AvgIpc) is 2.69. The number of fused-ring (bicyclic) bond motifs is 1. The number of anilines is 1. The van der Waals surface area contributed by atoms with Crippen LogP contribution >= 0.6 is 22.6 Å². The van der Waals surface area contributed by atoms with E-state index in [1.165, 1.54) is 14.6 Å². The molecule has 1 saturated heterocycles. The van der Waals surface area contributed by atoms with Crippen LogP contribution in [0.4, 0.5) is 5.69 Å². The van der Waals surface area contributed by atoms with Gasteiger partial charge in [-0.1, -0.05) is 0 Å². The van der Waals surface area contributed by atoms with Crippen molar-refractivity contribution in [3.63, 3.8) is 0 Å². The molecule has 2 unspecified atom stereocenters. The Kier molecular flexibility index (Phi) is 3.19. The maximum atomic E-state index is 5.76. The highest BCUT2D eigenvalue weighted by atomic mass is 127. The summed E-state index contributed by atoms with van der Waals surface area (Å²) in [5.74, 6) is 0. The number of hydrogen-bond donors (Lipinski definition) is 1. The summed E-state index contributed by atoms with van der Waals surface area (Å²) in [5.41, 5.74) is 2.14. The number of halogens is 1. The normalized spacial score (nSPS) is 24.7. The molecular weight excluding hydrogens is 341 g/mol. The van der Waals surface area contributed by atoms with Crippen LogP contribution in [0.5, 0.6) is 0 Å². The molecule has 4 nitrogen and oxygen atoms in total. The second-order valence-corrected chi connectivity index (χ2v) is 6.05. The van der Waals surface area contributed by atoms with Gasteiger partial charge in [0.1, 0.15) is 5.65 Å². The summed E-state index contributed by atoms with van der Waals surface area (Å²) in [6, 6.07) is 2.21. The number of nitrogens with one attached hydrogen (secondary N) is 1. The van der Waals surface area contributed by atoms with E-state index < -0.39 is 0 Å². The monoisotopic (exact) mass is 357 g/mol. The minimum absolute atomic E-state index is 0.273. The van der Waals surface area contributed by atoms with Gasteiger partial charge >= 0.3 is 0 Å². The van der Waals surface area contributed by atoms with Crippen LogP contribution in [-0.4, -0.2) is 35.3 Å². The van der Waals surface area contributed by atoms with Gasteiger partial charge < -0.3 is 14.6 Å². The molecule has 96 valence electrons. The van der Waals surface area contributed by atoms with E-state index >= 15 is 0 Å². The van der Waals surface area contributed by atoms with Crippen LogP contribution in [-0.2, 0) is 4.74 Å². The molecule has 0 aromatic carbocycles. The summed E-state index contributed by atoms with van der Waals surface area (Å²) < 4.78 is 6.98. The smallest absolute Gasteiger partial charge is 0.138 e. The summed E-state index contributed by atoms with van der Waals surface area (Å²) in [4.78, 5) is 10.0. The van der Waals surface area contributed by atoms with Crippen molar-refractivity contribution in [2.75, 3.05) is 18.0 Å². The third-order valence-electron chi connectivity index (χ3n) is 3.25. The maximum absolute atomic E-state index is 5.76. The van der Waals surface area contributed by atoms with Gasteiger partial charge in [0.15, 0.2) is 0 Å². The summed E-state index contributed by atoms with van der Waals surface area (Å²) in [6.07, 6.45) is 4.48. The Labute approximate surface area is 120 Å². The highest BCUT2D eigenvalue weighted by molar-refractivity contribution is 14.1. The summed E-state index contributed by atoms with van der Waals surface area (Å²) >= 11 is 2.33. The van der Waals surface area contributed by atoms with Gasteiger partial charge in [-0.3, -0.25) is 0 Å². The van der Waals surface area contributed by atoms with Crippen LogP contribution in [0, 0.1) is 3.57 Å². The number of hydrogen-bond acceptors (Lipinski definition) is 3. The van der Waals surface area contributed by atoms with Crippen molar-refractivity contribution in [3.8, 4) is 0 Å². The first-order valence-corrected chi connectivity index (χ1v) is 7.24. The van der Waals surface area contributed by atoms with Crippen molar-refractivity contribution in [1.82, 2.24) is 9.97 Å². The lowest BCUT2D eigenvalue weighted by atomic mass is 10.2. The second kappa shape index (κ2) is 4.70. The van der Waals surface area contributed by atoms with Gasteiger partial charge in [0.05, 0.1) is 24.1 Å². The van der Waals surface area contributed by atoms with Crippen LogP contribution in [0.1, 0.15) is 13.8 Å². The topological polar surface area (TPSA) is 41.2 Å². The Balaban J connectivity index is 1.95. The lowest BCUT2D eigenvalue weighted by molar-refractivity contribution is -0.00522. The zero-order valence-electron chi connectivity index (χ0n) is 10.5. The van der Waals surface area contributed by atoms with Crippen molar-refractivity contribution < 1.29 is 4.74 Å². The number of nitrogens with zero attached hydrogens (tertiary/aromatic N) is 2. The average molecular weight is 357 g/mol. The molecule has 0 bridgehead atoms. The predicted molar refractivity (Wildman–Crippen MR) is 81.0 cm³/mol. The molecule has 2 aromatic rings. The van der Waals surface area contributed by atoms with Crippen LogP contribution in [0.15, 0.2) is 18.5 Å². The fourth-order valence-corrected chi connectivity index (χ4v) is 3.09. The molecule has 0 radical (unpaired) electrons. The standard InChI is InChI=1S/C13H16IN3O/c1-8-6-17(7-9(2)18-8)10-3-11-12(14)5-16-13(11)15-4-10/h3-5,8-9H,6-7H2,1-2H3,(H,15,16). The summed E-state index contributed by atoms with van der Waals surface area (Å²) in [6.45, 7) is 6.10. The van der Waals surface area contributed by atoms with Gasteiger partial charge in [0.25, 0.3) is 0 Å². The first-order valence-electron chi connectivity index (χ1n) is 6.16. The Bertz CT molecular complexity index is 558. The SMILES string of the molecule is CC1CN(c2cnc3[nH]cc(I)c3c2)CC(C)O1. The highest BCUT2D eigenvalue weighted by Gasteiger charge is 2.22. The number of ether oxygens (including phenoxy) is 1. The summed E-state index contributed by atoms with van der Waals surface area (Å²) in [5, 5.41) is 1.19. The van der Waals surface area contributed by atoms with Crippen LogP contribution in [0.2, 0.25) is 0 Å². The Morgan fingerprint density at radius 3 is 2.83 bits per heavy atom. The fourth-order valence-electron chi connectivity index (χ4n) is 2.52. The van der Waals surface area contributed by atoms with Gasteiger partial charge in [-0.15, -0.1) is 0 Å². The Hall–Kier alpha value is -0.820. The lowest BCUT2D eigenvalue weighted by Gasteiger charge is -2.36. The third kappa shape index (κ3) is 2.21. The number of aromatic nitrogens is 2. The molecule has 2 atom stereocenters. The van der Waals surface area contributed by atoms with E-state index in [1.807, 2.05) is 12.4 Å². The molecule has 3 rings (SSSR count). The van der Waals surface area contributed by atoms with Crippen molar-refractivity contribution in [1.29, 1.82) is 0 Å². The largest absolute Gasteiger partial charge is 0.372 e. The van der Waals surface area contributed by atoms with E-state index in [1.54, 1.807) is 0 Å². The third-order valence-corrected chi connectivity index (χ3v) is 4.14. The van der Waals surface area contributed by atoms with Crippen molar-refractivity contribution in [2.24, 2.45) is 0 Å². The van der Waals surface area contributed by atoms with E-state index in [9.17, 15) is 0 Å². The molecule has 3 heterocycles. The highest BCUT2D eigenvalue weighted by Crippen LogP contribution is 2.25. The van der Waals surface area contributed by atoms with E-state index in [2.05, 4.69) is 57.4 Å². The van der Waals surface area contributed by atoms with Gasteiger partial charge in [-0.2, -0.15) is 0 Å². The molecule has 18 heavy (non-hydrogen) atoms. The zero-order valence-corrected chi connectivity index (χ0v) is 12.6. The quantitative estimate of drug-likeness (QED) is 0.798. The number of pyridine rings is 1. The minimum Gasteiger partial charge on any atom is -0.372 e. The Morgan fingerprint density at radius 2 is 2.11 bits per heavy atom. The minimum atomic E-state index is 0.273. The Morgan fingerprint density at radius 1 is 1.39 bits per heavy atom. The van der Waals surface area contributed by atoms with Gasteiger partial charge in [-0.05, 0) is 42.5 Å². The molecule has 1 fully saturated rings. The van der Waals surface area contributed by atoms with E-state index in [-0.39, 0.29) is 12.2 Å². The van der Waals surface area contributed by atoms with Crippen LogP contribution in [0.25, 0.3) is 11.0 Å². The number of morpholine rings is 1. The van der Waals surface area contributed by atoms with E-state index in [4.69, 9.17) is 4.74 Å². The van der Waals surface area contributed by atoms with Gasteiger partial charge in [-0.25, -0.2) is 4.98 Å². The number of H-pyrrole nitrogens is 1. The lowest BCUT2D eigenvalue weighted by Crippen LogP contribution is -2.45. The second-order valence-electron chi connectivity index (χ2n) is 4.89. The van der Waals surface area contributed by atoms with Crippen LogP contribution < -0.4 is 4.90 Å². The number of rotatable bonds is 1. The molecule has 5 heteroatoms. The molecule has 1 aliphatic heterocycles. The number of aromatic amines is 1. The molecule has 2 aromatic heterocycles. The molecule has 0 spiro atoms. The molecule has 0 saturated carbocycles. The van der Waals surface area contributed by atoms with Crippen LogP contribution in [0.3, 0.4) is 0 Å². The van der Waals surface area contributed by atoms with E-state index in [0.717, 1.165) is 18.7 Å². The van der Waals surface area contributed by atoms with Crippen molar-refractivity contribution in [3.05, 3.63) is 22.0 Å². The van der Waals surface area contributed by atoms with Gasteiger partial charge in [0.2, 0.25) is 0 Å². The molecule has 1 N–H and O–H groups in total. The maximum Gasteiger partial charge on any atom is 0.138 e.